The van der Waals surface area contributed by atoms with Gasteiger partial charge in [0.25, 0.3) is 0 Å². The molecule has 1 heterocycles. The van der Waals surface area contributed by atoms with E-state index in [2.05, 4.69) is 0 Å². The van der Waals surface area contributed by atoms with Gasteiger partial charge in [0.1, 0.15) is 23.4 Å². The number of rotatable bonds is 3. The van der Waals surface area contributed by atoms with Gasteiger partial charge in [-0.25, -0.2) is 0 Å². The number of aliphatic hydroxyl groups is 1. The second-order valence-corrected chi connectivity index (χ2v) is 5.63. The number of phenols is 4. The first-order chi connectivity index (χ1) is 11.9. The minimum Gasteiger partial charge on any atom is -0.507 e. The van der Waals surface area contributed by atoms with Crippen molar-refractivity contribution in [2.75, 3.05) is 0 Å². The topological polar surface area (TPSA) is 145 Å². The van der Waals surface area contributed by atoms with E-state index in [1.54, 1.807) is 0 Å². The van der Waals surface area contributed by atoms with Crippen LogP contribution in [-0.4, -0.2) is 44.2 Å². The van der Waals surface area contributed by atoms with E-state index in [1.165, 1.54) is 18.2 Å². The van der Waals surface area contributed by atoms with Crippen molar-refractivity contribution in [2.45, 2.75) is 18.6 Å². The third-order valence-electron chi connectivity index (χ3n) is 4.14. The van der Waals surface area contributed by atoms with Gasteiger partial charge in [-0.1, -0.05) is 6.07 Å². The lowest BCUT2D eigenvalue weighted by atomic mass is 9.90. The van der Waals surface area contributed by atoms with Gasteiger partial charge < -0.3 is 30.3 Å². The van der Waals surface area contributed by atoms with Crippen LogP contribution in [0, 0.1) is 0 Å². The molecule has 8 heteroatoms. The highest BCUT2D eigenvalue weighted by Crippen LogP contribution is 2.47. The highest BCUT2D eigenvalue weighted by atomic mass is 16.5. The highest BCUT2D eigenvalue weighted by molar-refractivity contribution is 5.95. The molecule has 0 unspecified atom stereocenters. The zero-order chi connectivity index (χ0) is 18.3. The van der Waals surface area contributed by atoms with Crippen LogP contribution in [-0.2, 0) is 6.42 Å². The van der Waals surface area contributed by atoms with Gasteiger partial charge >= 0.3 is 0 Å². The molecule has 2 atom stereocenters. The van der Waals surface area contributed by atoms with Crippen molar-refractivity contribution < 1.29 is 39.9 Å². The molecule has 3 rings (SSSR count). The molecule has 2 aromatic rings. The Bertz CT molecular complexity index is 874. The van der Waals surface area contributed by atoms with Crippen molar-refractivity contribution in [3.63, 3.8) is 0 Å². The van der Waals surface area contributed by atoms with Crippen molar-refractivity contribution in [3.05, 3.63) is 40.5 Å². The summed E-state index contributed by atoms with van der Waals surface area (Å²) in [4.78, 5) is 22.4. The molecule has 130 valence electrons. The Hall–Kier alpha value is -3.26. The van der Waals surface area contributed by atoms with Crippen LogP contribution < -0.4 is 4.74 Å². The fourth-order valence-corrected chi connectivity index (χ4v) is 2.87. The summed E-state index contributed by atoms with van der Waals surface area (Å²) in [7, 11) is 0. The Balaban J connectivity index is 2.14. The molecule has 0 spiro atoms. The fourth-order valence-electron chi connectivity index (χ4n) is 2.87. The maximum Gasteiger partial charge on any atom is 0.157 e. The number of carbonyl (C=O) groups is 2. The average molecular weight is 346 g/mol. The quantitative estimate of drug-likeness (QED) is 0.411. The summed E-state index contributed by atoms with van der Waals surface area (Å²) >= 11 is 0. The predicted molar refractivity (Wildman–Crippen MR) is 83.4 cm³/mol. The molecule has 0 saturated carbocycles. The van der Waals surface area contributed by atoms with E-state index >= 15 is 0 Å². The monoisotopic (exact) mass is 346 g/mol. The smallest absolute Gasteiger partial charge is 0.157 e. The van der Waals surface area contributed by atoms with Crippen LogP contribution in [0.2, 0.25) is 0 Å². The first kappa shape index (κ1) is 16.6. The molecule has 1 aliphatic heterocycles. The zero-order valence-electron chi connectivity index (χ0n) is 12.7. The first-order valence-corrected chi connectivity index (χ1v) is 7.26. The summed E-state index contributed by atoms with van der Waals surface area (Å²) in [5.74, 6) is -2.21. The van der Waals surface area contributed by atoms with Crippen LogP contribution in [0.3, 0.4) is 0 Å². The van der Waals surface area contributed by atoms with Gasteiger partial charge in [0.15, 0.2) is 24.1 Å². The molecule has 0 saturated heterocycles. The van der Waals surface area contributed by atoms with Crippen molar-refractivity contribution in [1.82, 2.24) is 0 Å². The van der Waals surface area contributed by atoms with E-state index in [-0.39, 0.29) is 41.6 Å². The van der Waals surface area contributed by atoms with Crippen LogP contribution in [0.5, 0.6) is 28.7 Å². The van der Waals surface area contributed by atoms with E-state index in [0.717, 1.165) is 0 Å². The third kappa shape index (κ3) is 2.52. The van der Waals surface area contributed by atoms with E-state index < -0.39 is 35.0 Å². The van der Waals surface area contributed by atoms with Gasteiger partial charge in [-0.3, -0.25) is 9.59 Å². The van der Waals surface area contributed by atoms with Crippen LogP contribution >= 0.6 is 0 Å². The van der Waals surface area contributed by atoms with Gasteiger partial charge in [-0.2, -0.15) is 0 Å². The standard InChI is InChI=1S/C17H14O8/c18-5-9-14(23)8-4-13(22)16(7-1-2-11(20)12(21)3-7)25-17(8)10(6-19)15(9)24/h1-3,5-6,13,16,20-24H,4H2/t13-,16+/m0/s1. The van der Waals surface area contributed by atoms with Gasteiger partial charge in [0.05, 0.1) is 17.2 Å². The number of carbonyl (C=O) groups excluding carboxylic acids is 2. The molecule has 8 nitrogen and oxygen atoms in total. The molecule has 0 aromatic heterocycles. The third-order valence-corrected chi connectivity index (χ3v) is 4.14. The zero-order valence-corrected chi connectivity index (χ0v) is 12.7. The Labute approximate surface area is 141 Å². The lowest BCUT2D eigenvalue weighted by molar-refractivity contribution is 0.0191. The second kappa shape index (κ2) is 5.99. The van der Waals surface area contributed by atoms with E-state index in [4.69, 9.17) is 4.74 Å². The normalized spacial score (nSPS) is 18.9. The minimum atomic E-state index is -1.18. The van der Waals surface area contributed by atoms with Crippen molar-refractivity contribution in [2.24, 2.45) is 0 Å². The fraction of sp³-hybridized carbons (Fsp3) is 0.176. The molecule has 1 aliphatic rings. The number of phenolic OH excluding ortho intramolecular Hbond substituents is 4. The maximum atomic E-state index is 11.3. The van der Waals surface area contributed by atoms with Crippen LogP contribution in [0.4, 0.5) is 0 Å². The van der Waals surface area contributed by atoms with E-state index in [9.17, 15) is 35.1 Å². The summed E-state index contributed by atoms with van der Waals surface area (Å²) in [6, 6.07) is 3.81. The van der Waals surface area contributed by atoms with Crippen molar-refractivity contribution in [1.29, 1.82) is 0 Å². The number of fused-ring (bicyclic) bond motifs is 1. The van der Waals surface area contributed by atoms with Gasteiger partial charge in [-0.05, 0) is 17.7 Å². The number of ether oxygens (including phenoxy) is 1. The second-order valence-electron chi connectivity index (χ2n) is 5.63. The summed E-state index contributed by atoms with van der Waals surface area (Å²) < 4.78 is 5.60. The number of aliphatic hydroxyl groups excluding tert-OH is 1. The molecule has 0 fully saturated rings. The highest BCUT2D eigenvalue weighted by Gasteiger charge is 2.36. The van der Waals surface area contributed by atoms with Crippen LogP contribution in [0.25, 0.3) is 0 Å². The lowest BCUT2D eigenvalue weighted by Gasteiger charge is -2.32. The minimum absolute atomic E-state index is 0.0220. The molecule has 0 bridgehead atoms. The number of hydrogen-bond acceptors (Lipinski definition) is 8. The maximum absolute atomic E-state index is 11.3. The molecular formula is C17H14O8. The van der Waals surface area contributed by atoms with E-state index in [1.807, 2.05) is 0 Å². The van der Waals surface area contributed by atoms with Crippen molar-refractivity contribution in [3.8, 4) is 28.7 Å². The van der Waals surface area contributed by atoms with Gasteiger partial charge in [0, 0.05) is 12.0 Å². The average Bonchev–Trinajstić information content (AvgIpc) is 2.58. The number of benzene rings is 2. The molecule has 5 N–H and O–H groups in total. The number of hydrogen-bond donors (Lipinski definition) is 5. The van der Waals surface area contributed by atoms with Crippen LogP contribution in [0.1, 0.15) is 37.9 Å². The molecule has 2 aromatic carbocycles. The van der Waals surface area contributed by atoms with Crippen molar-refractivity contribution >= 4 is 12.6 Å². The predicted octanol–water partition coefficient (Wildman–Crippen LogP) is 1.17. The molecule has 0 radical (unpaired) electrons. The Morgan fingerprint density at radius 2 is 1.64 bits per heavy atom. The SMILES string of the molecule is O=Cc1c(O)c(C=O)c2c(c1O)C[C@H](O)[C@@H](c1ccc(O)c(O)c1)O2. The number of aromatic hydroxyl groups is 4. The summed E-state index contributed by atoms with van der Waals surface area (Å²) in [5.41, 5.74) is -0.454. The molecule has 25 heavy (non-hydrogen) atoms. The Morgan fingerprint density at radius 1 is 0.960 bits per heavy atom. The Kier molecular flexibility index (Phi) is 3.97. The summed E-state index contributed by atoms with van der Waals surface area (Å²) in [5, 5.41) is 49.4. The van der Waals surface area contributed by atoms with Gasteiger partial charge in [0.2, 0.25) is 0 Å². The molecule has 0 amide bonds. The molecular weight excluding hydrogens is 332 g/mol. The summed E-state index contributed by atoms with van der Waals surface area (Å²) in [6.45, 7) is 0. The first-order valence-electron chi connectivity index (χ1n) is 7.26. The van der Waals surface area contributed by atoms with E-state index in [0.29, 0.717) is 5.56 Å². The molecule has 0 aliphatic carbocycles. The Morgan fingerprint density at radius 3 is 2.24 bits per heavy atom. The van der Waals surface area contributed by atoms with Crippen LogP contribution in [0.15, 0.2) is 18.2 Å². The summed E-state index contributed by atoms with van der Waals surface area (Å²) in [6.07, 6.45) is -1.88. The number of aldehydes is 2. The van der Waals surface area contributed by atoms with Gasteiger partial charge in [-0.15, -0.1) is 0 Å². The largest absolute Gasteiger partial charge is 0.507 e. The lowest BCUT2D eigenvalue weighted by Crippen LogP contribution is -2.31.